The zero-order chi connectivity index (χ0) is 22.0. The molecule has 2 saturated heterocycles. The molecular formula is C25H30ClN3O2. The lowest BCUT2D eigenvalue weighted by Gasteiger charge is -2.35. The molecule has 4 rings (SSSR count). The van der Waals surface area contributed by atoms with Gasteiger partial charge in [0, 0.05) is 37.3 Å². The number of likely N-dealkylation sites (tertiary alicyclic amines) is 2. The average molecular weight is 440 g/mol. The number of pyridine rings is 1. The number of benzene rings is 1. The molecule has 5 nitrogen and oxygen atoms in total. The Balaban J connectivity index is 1.51. The highest BCUT2D eigenvalue weighted by molar-refractivity contribution is 6.33. The molecule has 1 aromatic heterocycles. The maximum atomic E-state index is 13.4. The second kappa shape index (κ2) is 9.39. The van der Waals surface area contributed by atoms with E-state index >= 15 is 0 Å². The summed E-state index contributed by atoms with van der Waals surface area (Å²) in [4.78, 5) is 35.0. The molecule has 3 heterocycles. The molecule has 164 valence electrons. The van der Waals surface area contributed by atoms with Gasteiger partial charge in [-0.1, -0.05) is 23.7 Å². The molecule has 0 saturated carbocycles. The molecule has 2 aromatic rings. The van der Waals surface area contributed by atoms with E-state index in [0.29, 0.717) is 23.7 Å². The number of amides is 2. The largest absolute Gasteiger partial charge is 0.339 e. The normalized spacial score (nSPS) is 20.0. The number of carbonyl (C=O) groups excluding carboxylic acids is 2. The first-order valence-corrected chi connectivity index (χ1v) is 11.7. The second-order valence-corrected chi connectivity index (χ2v) is 9.18. The molecule has 0 radical (unpaired) electrons. The summed E-state index contributed by atoms with van der Waals surface area (Å²) >= 11 is 6.22. The van der Waals surface area contributed by atoms with E-state index in [1.54, 1.807) is 12.1 Å². The van der Waals surface area contributed by atoms with Gasteiger partial charge in [0.2, 0.25) is 0 Å². The number of piperidine rings is 2. The minimum absolute atomic E-state index is 0.0281. The van der Waals surface area contributed by atoms with Crippen molar-refractivity contribution in [2.24, 2.45) is 0 Å². The fourth-order valence-corrected chi connectivity index (χ4v) is 5.00. The number of rotatable bonds is 3. The molecule has 2 fully saturated rings. The summed E-state index contributed by atoms with van der Waals surface area (Å²) in [6.07, 6.45) is 4.89. The van der Waals surface area contributed by atoms with Gasteiger partial charge in [-0.25, -0.2) is 0 Å². The van der Waals surface area contributed by atoms with E-state index in [1.165, 1.54) is 6.42 Å². The van der Waals surface area contributed by atoms with Crippen LogP contribution in [0.25, 0.3) is 0 Å². The summed E-state index contributed by atoms with van der Waals surface area (Å²) in [5.74, 6) is 0.248. The molecular weight excluding hydrogens is 410 g/mol. The van der Waals surface area contributed by atoms with Gasteiger partial charge < -0.3 is 9.80 Å². The third-order valence-corrected chi connectivity index (χ3v) is 6.96. The van der Waals surface area contributed by atoms with Crippen LogP contribution < -0.4 is 0 Å². The number of hydrogen-bond donors (Lipinski definition) is 0. The van der Waals surface area contributed by atoms with Crippen LogP contribution in [0.4, 0.5) is 0 Å². The van der Waals surface area contributed by atoms with Crippen molar-refractivity contribution in [1.82, 2.24) is 14.8 Å². The van der Waals surface area contributed by atoms with Crippen LogP contribution in [0, 0.1) is 6.92 Å². The number of aryl methyl sites for hydroxylation is 1. The molecule has 0 spiro atoms. The van der Waals surface area contributed by atoms with Gasteiger partial charge in [-0.3, -0.25) is 14.6 Å². The fraction of sp³-hybridized carbons (Fsp3) is 0.480. The first kappa shape index (κ1) is 21.8. The SMILES string of the molecule is Cc1ccc(C(=O)N2CCCC[C@@H]2C)c(C2CCN(C(=O)c3ccccc3Cl)CC2)n1. The van der Waals surface area contributed by atoms with Crippen LogP contribution in [-0.2, 0) is 0 Å². The van der Waals surface area contributed by atoms with E-state index in [-0.39, 0.29) is 23.8 Å². The minimum atomic E-state index is -0.0281. The van der Waals surface area contributed by atoms with E-state index in [0.717, 1.165) is 49.2 Å². The first-order chi connectivity index (χ1) is 15.0. The minimum Gasteiger partial charge on any atom is -0.339 e. The van der Waals surface area contributed by atoms with Gasteiger partial charge in [-0.05, 0) is 70.2 Å². The Bertz CT molecular complexity index is 969. The molecule has 31 heavy (non-hydrogen) atoms. The number of aromatic nitrogens is 1. The number of carbonyl (C=O) groups is 2. The highest BCUT2D eigenvalue weighted by Gasteiger charge is 2.31. The molecule has 1 atom stereocenters. The topological polar surface area (TPSA) is 53.5 Å². The Hall–Kier alpha value is -2.40. The molecule has 2 aliphatic rings. The standard InChI is InChI=1S/C25H30ClN3O2/c1-17-10-11-21(25(31)29-14-6-5-7-18(29)2)23(27-17)19-12-15-28(16-13-19)24(30)20-8-3-4-9-22(20)26/h3-4,8-11,18-19H,5-7,12-16H2,1-2H3/t18-/m0/s1. The van der Waals surface area contributed by atoms with E-state index in [9.17, 15) is 9.59 Å². The van der Waals surface area contributed by atoms with Gasteiger partial charge in [-0.2, -0.15) is 0 Å². The van der Waals surface area contributed by atoms with Gasteiger partial charge in [0.1, 0.15) is 0 Å². The van der Waals surface area contributed by atoms with Gasteiger partial charge in [0.05, 0.1) is 21.8 Å². The van der Waals surface area contributed by atoms with E-state index in [1.807, 2.05) is 41.0 Å². The lowest BCUT2D eigenvalue weighted by atomic mass is 9.89. The quantitative estimate of drug-likeness (QED) is 0.670. The van der Waals surface area contributed by atoms with Gasteiger partial charge in [0.15, 0.2) is 0 Å². The smallest absolute Gasteiger partial charge is 0.255 e. The van der Waals surface area contributed by atoms with Crippen molar-refractivity contribution in [3.8, 4) is 0 Å². The van der Waals surface area contributed by atoms with Crippen LogP contribution in [0.1, 0.15) is 77.0 Å². The predicted octanol–water partition coefficient (Wildman–Crippen LogP) is 5.08. The Labute approximate surface area is 189 Å². The van der Waals surface area contributed by atoms with E-state index < -0.39 is 0 Å². The van der Waals surface area contributed by atoms with Crippen LogP contribution in [0.15, 0.2) is 36.4 Å². The Morgan fingerprint density at radius 3 is 2.39 bits per heavy atom. The first-order valence-electron chi connectivity index (χ1n) is 11.3. The van der Waals surface area contributed by atoms with E-state index in [2.05, 4.69) is 6.92 Å². The molecule has 0 bridgehead atoms. The highest BCUT2D eigenvalue weighted by Crippen LogP contribution is 2.32. The van der Waals surface area contributed by atoms with Gasteiger partial charge in [0.25, 0.3) is 11.8 Å². The summed E-state index contributed by atoms with van der Waals surface area (Å²) in [6, 6.07) is 11.3. The molecule has 2 aliphatic heterocycles. The van der Waals surface area contributed by atoms with Crippen LogP contribution in [0.5, 0.6) is 0 Å². The summed E-state index contributed by atoms with van der Waals surface area (Å²) in [5, 5.41) is 0.485. The van der Waals surface area contributed by atoms with Crippen LogP contribution in [-0.4, -0.2) is 52.3 Å². The number of halogens is 1. The molecule has 0 N–H and O–H groups in total. The Morgan fingerprint density at radius 2 is 1.68 bits per heavy atom. The average Bonchev–Trinajstić information content (AvgIpc) is 2.79. The molecule has 0 aliphatic carbocycles. The monoisotopic (exact) mass is 439 g/mol. The molecule has 0 unspecified atom stereocenters. The Morgan fingerprint density at radius 1 is 0.935 bits per heavy atom. The predicted molar refractivity (Wildman–Crippen MR) is 123 cm³/mol. The lowest BCUT2D eigenvalue weighted by Crippen LogP contribution is -2.43. The van der Waals surface area contributed by atoms with Crippen molar-refractivity contribution in [1.29, 1.82) is 0 Å². The van der Waals surface area contributed by atoms with Crippen molar-refractivity contribution < 1.29 is 9.59 Å². The van der Waals surface area contributed by atoms with E-state index in [4.69, 9.17) is 16.6 Å². The second-order valence-electron chi connectivity index (χ2n) is 8.78. The maximum absolute atomic E-state index is 13.4. The number of hydrogen-bond acceptors (Lipinski definition) is 3. The van der Waals surface area contributed by atoms with Crippen LogP contribution in [0.3, 0.4) is 0 Å². The molecule has 6 heteroatoms. The van der Waals surface area contributed by atoms with Crippen molar-refractivity contribution >= 4 is 23.4 Å². The zero-order valence-electron chi connectivity index (χ0n) is 18.3. The lowest BCUT2D eigenvalue weighted by molar-refractivity contribution is 0.0628. The summed E-state index contributed by atoms with van der Waals surface area (Å²) < 4.78 is 0. The number of nitrogens with zero attached hydrogens (tertiary/aromatic N) is 3. The van der Waals surface area contributed by atoms with Gasteiger partial charge >= 0.3 is 0 Å². The fourth-order valence-electron chi connectivity index (χ4n) is 4.78. The molecule has 1 aromatic carbocycles. The van der Waals surface area contributed by atoms with Crippen molar-refractivity contribution in [3.63, 3.8) is 0 Å². The van der Waals surface area contributed by atoms with Crippen molar-refractivity contribution in [3.05, 3.63) is 63.9 Å². The zero-order valence-corrected chi connectivity index (χ0v) is 19.1. The van der Waals surface area contributed by atoms with Crippen molar-refractivity contribution in [2.75, 3.05) is 19.6 Å². The third kappa shape index (κ3) is 4.62. The van der Waals surface area contributed by atoms with Crippen LogP contribution in [0.2, 0.25) is 5.02 Å². The van der Waals surface area contributed by atoms with Crippen molar-refractivity contribution in [2.45, 2.75) is 57.9 Å². The summed E-state index contributed by atoms with van der Waals surface area (Å²) in [5.41, 5.74) is 3.10. The van der Waals surface area contributed by atoms with Gasteiger partial charge in [-0.15, -0.1) is 0 Å². The molecule has 2 amide bonds. The third-order valence-electron chi connectivity index (χ3n) is 6.63. The highest BCUT2D eigenvalue weighted by atomic mass is 35.5. The maximum Gasteiger partial charge on any atom is 0.255 e. The summed E-state index contributed by atoms with van der Waals surface area (Å²) in [7, 11) is 0. The Kier molecular flexibility index (Phi) is 6.61. The summed E-state index contributed by atoms with van der Waals surface area (Å²) in [6.45, 7) is 6.20. The van der Waals surface area contributed by atoms with Crippen LogP contribution >= 0.6 is 11.6 Å².